The number of aromatic nitrogens is 1. The highest BCUT2D eigenvalue weighted by Crippen LogP contribution is 2.12. The molecule has 0 saturated carbocycles. The van der Waals surface area contributed by atoms with Gasteiger partial charge in [-0.2, -0.15) is 4.98 Å². The second-order valence-electron chi connectivity index (χ2n) is 2.20. The highest BCUT2D eigenvalue weighted by atomic mass is 16.5. The van der Waals surface area contributed by atoms with Crippen LogP contribution < -0.4 is 9.47 Å². The van der Waals surface area contributed by atoms with Crippen LogP contribution in [0.15, 0.2) is 18.2 Å². The van der Waals surface area contributed by atoms with E-state index in [9.17, 15) is 4.79 Å². The second-order valence-corrected chi connectivity index (χ2v) is 2.20. The number of carboxylic acid groups (broad SMARTS) is 1. The first-order valence-electron chi connectivity index (χ1n) is 3.58. The van der Waals surface area contributed by atoms with Crippen LogP contribution in [0.4, 0.5) is 0 Å². The lowest BCUT2D eigenvalue weighted by Gasteiger charge is -2.03. The first kappa shape index (κ1) is 9.31. The van der Waals surface area contributed by atoms with Crippen molar-refractivity contribution in [2.75, 3.05) is 13.7 Å². The van der Waals surface area contributed by atoms with Crippen LogP contribution in [0, 0.1) is 0 Å². The molecule has 70 valence electrons. The van der Waals surface area contributed by atoms with Gasteiger partial charge in [-0.15, -0.1) is 0 Å². The summed E-state index contributed by atoms with van der Waals surface area (Å²) in [5, 5.41) is 8.32. The lowest BCUT2D eigenvalue weighted by molar-refractivity contribution is -0.139. The van der Waals surface area contributed by atoms with Gasteiger partial charge in [0.05, 0.1) is 7.11 Å². The number of rotatable bonds is 4. The number of hydrogen-bond acceptors (Lipinski definition) is 4. The Labute approximate surface area is 74.9 Å². The summed E-state index contributed by atoms with van der Waals surface area (Å²) < 4.78 is 9.64. The summed E-state index contributed by atoms with van der Waals surface area (Å²) in [5.41, 5.74) is 0. The van der Waals surface area contributed by atoms with Gasteiger partial charge in [0, 0.05) is 12.1 Å². The molecule has 0 bridgehead atoms. The van der Waals surface area contributed by atoms with Crippen LogP contribution in [-0.2, 0) is 4.79 Å². The van der Waals surface area contributed by atoms with Crippen LogP contribution in [0.25, 0.3) is 0 Å². The Hall–Kier alpha value is -1.78. The van der Waals surface area contributed by atoms with Gasteiger partial charge in [0.15, 0.2) is 6.61 Å². The number of pyridine rings is 1. The number of carboxylic acids is 1. The van der Waals surface area contributed by atoms with Crippen molar-refractivity contribution in [3.8, 4) is 11.8 Å². The maximum absolute atomic E-state index is 10.1. The maximum Gasteiger partial charge on any atom is 0.341 e. The molecular formula is C8H9NO4. The van der Waals surface area contributed by atoms with E-state index in [-0.39, 0.29) is 5.88 Å². The van der Waals surface area contributed by atoms with Crippen molar-refractivity contribution in [1.82, 2.24) is 4.98 Å². The molecule has 1 heterocycles. The van der Waals surface area contributed by atoms with E-state index in [1.165, 1.54) is 7.11 Å². The zero-order valence-corrected chi connectivity index (χ0v) is 7.06. The largest absolute Gasteiger partial charge is 0.481 e. The Morgan fingerprint density at radius 2 is 2.23 bits per heavy atom. The Balaban J connectivity index is 2.61. The molecule has 5 nitrogen and oxygen atoms in total. The van der Waals surface area contributed by atoms with Crippen molar-refractivity contribution in [2.24, 2.45) is 0 Å². The molecule has 0 aliphatic carbocycles. The molecule has 0 fully saturated rings. The topological polar surface area (TPSA) is 68.7 Å². The number of ether oxygens (including phenoxy) is 2. The first-order valence-corrected chi connectivity index (χ1v) is 3.58. The zero-order valence-electron chi connectivity index (χ0n) is 7.06. The average Bonchev–Trinajstić information content (AvgIpc) is 2.15. The van der Waals surface area contributed by atoms with Crippen LogP contribution >= 0.6 is 0 Å². The molecule has 0 saturated heterocycles. The van der Waals surface area contributed by atoms with Crippen molar-refractivity contribution >= 4 is 5.97 Å². The molecule has 1 N–H and O–H groups in total. The summed E-state index contributed by atoms with van der Waals surface area (Å²) in [6.45, 7) is -0.403. The minimum atomic E-state index is -1.04. The molecule has 13 heavy (non-hydrogen) atoms. The number of nitrogens with zero attached hydrogens (tertiary/aromatic N) is 1. The van der Waals surface area contributed by atoms with Crippen molar-refractivity contribution in [3.05, 3.63) is 18.2 Å². The molecule has 0 spiro atoms. The Morgan fingerprint density at radius 3 is 2.85 bits per heavy atom. The standard InChI is InChI=1S/C8H9NO4/c1-12-6-3-2-4-7(9-6)13-5-8(10)11/h2-4H,5H2,1H3,(H,10,11). The van der Waals surface area contributed by atoms with Gasteiger partial charge in [-0.05, 0) is 0 Å². The predicted octanol–water partition coefficient (Wildman–Crippen LogP) is 0.554. The van der Waals surface area contributed by atoms with Gasteiger partial charge >= 0.3 is 5.97 Å². The van der Waals surface area contributed by atoms with E-state index in [0.717, 1.165) is 0 Å². The summed E-state index contributed by atoms with van der Waals surface area (Å²) in [6.07, 6.45) is 0. The van der Waals surface area contributed by atoms with Crippen LogP contribution in [0.2, 0.25) is 0 Å². The molecule has 1 rings (SSSR count). The maximum atomic E-state index is 10.1. The van der Waals surface area contributed by atoms with E-state index in [2.05, 4.69) is 4.98 Å². The van der Waals surface area contributed by atoms with E-state index in [0.29, 0.717) is 5.88 Å². The Kier molecular flexibility index (Phi) is 3.08. The Bertz CT molecular complexity index is 300. The van der Waals surface area contributed by atoms with Crippen molar-refractivity contribution in [1.29, 1.82) is 0 Å². The molecule has 0 atom stereocenters. The highest BCUT2D eigenvalue weighted by molar-refractivity contribution is 5.68. The lowest BCUT2D eigenvalue weighted by Crippen LogP contribution is -2.10. The highest BCUT2D eigenvalue weighted by Gasteiger charge is 2.01. The summed E-state index contributed by atoms with van der Waals surface area (Å²) in [5.74, 6) is -0.408. The minimum Gasteiger partial charge on any atom is -0.481 e. The fourth-order valence-electron chi connectivity index (χ4n) is 0.726. The van der Waals surface area contributed by atoms with E-state index in [1.54, 1.807) is 18.2 Å². The van der Waals surface area contributed by atoms with Crippen molar-refractivity contribution in [3.63, 3.8) is 0 Å². The van der Waals surface area contributed by atoms with Crippen molar-refractivity contribution in [2.45, 2.75) is 0 Å². The lowest BCUT2D eigenvalue weighted by atomic mass is 10.5. The minimum absolute atomic E-state index is 0.238. The van der Waals surface area contributed by atoms with Gasteiger partial charge in [-0.1, -0.05) is 6.07 Å². The number of hydrogen-bond donors (Lipinski definition) is 1. The van der Waals surface area contributed by atoms with Crippen LogP contribution in [-0.4, -0.2) is 29.8 Å². The normalized spacial score (nSPS) is 9.31. The molecule has 0 aliphatic heterocycles. The summed E-state index contributed by atoms with van der Waals surface area (Å²) in [7, 11) is 1.48. The molecule has 0 radical (unpaired) electrons. The van der Waals surface area contributed by atoms with Gasteiger partial charge in [-0.3, -0.25) is 0 Å². The van der Waals surface area contributed by atoms with Crippen LogP contribution in [0.1, 0.15) is 0 Å². The molecule has 5 heteroatoms. The van der Waals surface area contributed by atoms with Gasteiger partial charge < -0.3 is 14.6 Å². The second kappa shape index (κ2) is 4.30. The summed E-state index contributed by atoms with van der Waals surface area (Å²) in [4.78, 5) is 14.0. The zero-order chi connectivity index (χ0) is 9.68. The molecule has 1 aromatic rings. The average molecular weight is 183 g/mol. The smallest absolute Gasteiger partial charge is 0.341 e. The van der Waals surface area contributed by atoms with E-state index < -0.39 is 12.6 Å². The van der Waals surface area contributed by atoms with Gasteiger partial charge in [-0.25, -0.2) is 4.79 Å². The SMILES string of the molecule is COc1cccc(OCC(=O)O)n1. The monoisotopic (exact) mass is 183 g/mol. The van der Waals surface area contributed by atoms with Crippen molar-refractivity contribution < 1.29 is 19.4 Å². The number of aliphatic carboxylic acids is 1. The molecule has 1 aromatic heterocycles. The fraction of sp³-hybridized carbons (Fsp3) is 0.250. The first-order chi connectivity index (χ1) is 6.22. The summed E-state index contributed by atoms with van der Waals surface area (Å²) >= 11 is 0. The van der Waals surface area contributed by atoms with Gasteiger partial charge in [0.2, 0.25) is 11.8 Å². The summed E-state index contributed by atoms with van der Waals surface area (Å²) in [6, 6.07) is 4.88. The molecule has 0 aliphatic rings. The molecule has 0 amide bonds. The van der Waals surface area contributed by atoms with E-state index >= 15 is 0 Å². The Morgan fingerprint density at radius 1 is 1.54 bits per heavy atom. The molecule has 0 unspecified atom stereocenters. The third-order valence-electron chi connectivity index (χ3n) is 1.25. The number of methoxy groups -OCH3 is 1. The van der Waals surface area contributed by atoms with Crippen LogP contribution in [0.3, 0.4) is 0 Å². The van der Waals surface area contributed by atoms with Gasteiger partial charge in [0.1, 0.15) is 0 Å². The quantitative estimate of drug-likeness (QED) is 0.738. The van der Waals surface area contributed by atoms with E-state index in [1.807, 2.05) is 0 Å². The molecular weight excluding hydrogens is 174 g/mol. The fourth-order valence-corrected chi connectivity index (χ4v) is 0.726. The van der Waals surface area contributed by atoms with Gasteiger partial charge in [0.25, 0.3) is 0 Å². The number of carbonyl (C=O) groups is 1. The third-order valence-corrected chi connectivity index (χ3v) is 1.25. The molecule has 0 aromatic carbocycles. The third kappa shape index (κ3) is 2.98. The van der Waals surface area contributed by atoms with E-state index in [4.69, 9.17) is 14.6 Å². The van der Waals surface area contributed by atoms with Crippen LogP contribution in [0.5, 0.6) is 11.8 Å². The predicted molar refractivity (Wildman–Crippen MR) is 43.9 cm³/mol.